The fourth-order valence-corrected chi connectivity index (χ4v) is 3.74. The first-order valence-corrected chi connectivity index (χ1v) is 9.76. The lowest BCUT2D eigenvalue weighted by Crippen LogP contribution is -2.40. The number of carbonyl (C=O) groups excluding carboxylic acids is 2. The minimum absolute atomic E-state index is 0.00932. The summed E-state index contributed by atoms with van der Waals surface area (Å²) in [5.74, 6) is -1.88. The van der Waals surface area contributed by atoms with Crippen LogP contribution >= 0.6 is 0 Å². The number of carboxylic acid groups (broad SMARTS) is 1. The molecule has 1 aromatic heterocycles. The number of aromatic nitrogens is 2. The monoisotopic (exact) mass is 424 g/mol. The minimum atomic E-state index is -1.29. The molecular weight excluding hydrogens is 400 g/mol. The molecule has 162 valence electrons. The maximum atomic E-state index is 13.0. The number of nitrogens with one attached hydrogen (secondary N) is 1. The van der Waals surface area contributed by atoms with E-state index in [1.807, 2.05) is 39.0 Å². The van der Waals surface area contributed by atoms with Crippen LogP contribution in [-0.2, 0) is 17.9 Å². The second-order valence-corrected chi connectivity index (χ2v) is 7.60. The van der Waals surface area contributed by atoms with Crippen LogP contribution in [0.2, 0.25) is 0 Å². The third-order valence-electron chi connectivity index (χ3n) is 5.17. The quantitative estimate of drug-likeness (QED) is 0.557. The number of rotatable bonds is 6. The highest BCUT2D eigenvalue weighted by molar-refractivity contribution is 6.03. The van der Waals surface area contributed by atoms with Gasteiger partial charge in [-0.1, -0.05) is 38.1 Å². The van der Waals surface area contributed by atoms with Crippen LogP contribution in [0.25, 0.3) is 10.9 Å². The van der Waals surface area contributed by atoms with Gasteiger partial charge in [0.25, 0.3) is 5.56 Å². The number of carboxylic acids is 1. The molecule has 1 heterocycles. The van der Waals surface area contributed by atoms with Gasteiger partial charge in [-0.2, -0.15) is 4.68 Å². The number of carbonyl (C=O) groups is 3. The number of nitrogens with zero attached hydrogens (tertiary/aromatic N) is 2. The molecule has 0 aliphatic rings. The summed E-state index contributed by atoms with van der Waals surface area (Å²) in [4.78, 5) is 49.2. The molecule has 2 aromatic carbocycles. The van der Waals surface area contributed by atoms with Crippen LogP contribution in [0.3, 0.4) is 0 Å². The van der Waals surface area contributed by atoms with Gasteiger partial charge < -0.3 is 16.2 Å². The predicted octanol–water partition coefficient (Wildman–Crippen LogP) is 2.18. The Kier molecular flexibility index (Phi) is 5.96. The highest BCUT2D eigenvalue weighted by Crippen LogP contribution is 2.22. The smallest absolute Gasteiger partial charge is 0.344 e. The Morgan fingerprint density at radius 2 is 1.81 bits per heavy atom. The number of nitrogens with two attached hydrogens (primary N) is 1. The van der Waals surface area contributed by atoms with Gasteiger partial charge in [0, 0.05) is 6.54 Å². The van der Waals surface area contributed by atoms with Gasteiger partial charge in [-0.25, -0.2) is 9.59 Å². The lowest BCUT2D eigenvalue weighted by Gasteiger charge is -2.17. The Hall–Kier alpha value is -3.88. The van der Waals surface area contributed by atoms with Gasteiger partial charge in [0.15, 0.2) is 0 Å². The van der Waals surface area contributed by atoms with Crippen molar-refractivity contribution in [3.05, 3.63) is 69.0 Å². The van der Waals surface area contributed by atoms with Gasteiger partial charge in [-0.15, -0.1) is 0 Å². The summed E-state index contributed by atoms with van der Waals surface area (Å²) >= 11 is 0. The average Bonchev–Trinajstić information content (AvgIpc) is 2.97. The Labute approximate surface area is 178 Å². The summed E-state index contributed by atoms with van der Waals surface area (Å²) < 4.78 is 1.75. The third-order valence-corrected chi connectivity index (χ3v) is 5.17. The second kappa shape index (κ2) is 8.47. The molecule has 3 rings (SSSR count). The molecule has 0 bridgehead atoms. The van der Waals surface area contributed by atoms with Gasteiger partial charge in [0.1, 0.15) is 6.54 Å². The van der Waals surface area contributed by atoms with Crippen LogP contribution in [0.15, 0.2) is 41.2 Å². The number of aryl methyl sites for hydroxylation is 1. The molecule has 3 aromatic rings. The molecule has 4 N–H and O–H groups in total. The van der Waals surface area contributed by atoms with Gasteiger partial charge in [0.2, 0.25) is 5.91 Å². The lowest BCUT2D eigenvalue weighted by atomic mass is 9.94. The van der Waals surface area contributed by atoms with Crippen molar-refractivity contribution in [3.8, 4) is 0 Å². The van der Waals surface area contributed by atoms with Crippen molar-refractivity contribution < 1.29 is 19.5 Å². The number of benzene rings is 2. The topological polar surface area (TPSA) is 136 Å². The molecule has 0 saturated heterocycles. The molecule has 0 fully saturated rings. The third kappa shape index (κ3) is 4.07. The lowest BCUT2D eigenvalue weighted by molar-refractivity contribution is -0.118. The van der Waals surface area contributed by atoms with E-state index in [4.69, 9.17) is 5.73 Å². The van der Waals surface area contributed by atoms with Crippen molar-refractivity contribution in [2.75, 3.05) is 0 Å². The number of hydrogen-bond acceptors (Lipinski definition) is 4. The Morgan fingerprint density at radius 1 is 1.13 bits per heavy atom. The van der Waals surface area contributed by atoms with Crippen LogP contribution < -0.4 is 16.6 Å². The second-order valence-electron chi connectivity index (χ2n) is 7.60. The summed E-state index contributed by atoms with van der Waals surface area (Å²) in [7, 11) is 0. The molecule has 9 heteroatoms. The van der Waals surface area contributed by atoms with Crippen LogP contribution in [0, 0.1) is 6.92 Å². The standard InChI is InChI=1S/C22H24N4O5/c1-12(2)14-7-4-6-13(3)17(14)10-24-22(31)26-20(28)15-8-5-9-16(21(29)30)19(15)25(26)11-18(23)27/h4-9,12H,10-11H2,1-3H3,(H2,23,27)(H,24,31)(H,29,30). The molecule has 0 aliphatic heterocycles. The first-order chi connectivity index (χ1) is 14.6. The van der Waals surface area contributed by atoms with E-state index in [2.05, 4.69) is 5.32 Å². The number of primary amides is 1. The Balaban J connectivity index is 2.09. The van der Waals surface area contributed by atoms with Crippen LogP contribution in [0.1, 0.15) is 46.8 Å². The minimum Gasteiger partial charge on any atom is -0.478 e. The summed E-state index contributed by atoms with van der Waals surface area (Å²) in [5, 5.41) is 12.2. The molecule has 9 nitrogen and oxygen atoms in total. The molecule has 0 radical (unpaired) electrons. The van der Waals surface area contributed by atoms with E-state index in [0.29, 0.717) is 0 Å². The molecule has 0 aliphatic carbocycles. The number of aromatic carboxylic acids is 1. The van der Waals surface area contributed by atoms with E-state index in [9.17, 15) is 24.3 Å². The zero-order valence-corrected chi connectivity index (χ0v) is 17.5. The van der Waals surface area contributed by atoms with Crippen molar-refractivity contribution >= 4 is 28.8 Å². The summed E-state index contributed by atoms with van der Waals surface area (Å²) in [6.07, 6.45) is 0. The highest BCUT2D eigenvalue weighted by Gasteiger charge is 2.24. The summed E-state index contributed by atoms with van der Waals surface area (Å²) in [6, 6.07) is 9.19. The van der Waals surface area contributed by atoms with Crippen molar-refractivity contribution in [3.63, 3.8) is 0 Å². The largest absolute Gasteiger partial charge is 0.478 e. The average molecular weight is 424 g/mol. The molecule has 0 spiro atoms. The molecular formula is C22H24N4O5. The summed E-state index contributed by atoms with van der Waals surface area (Å²) in [6.45, 7) is 5.65. The Bertz CT molecular complexity index is 1250. The van der Waals surface area contributed by atoms with Crippen LogP contribution in [0.5, 0.6) is 0 Å². The maximum Gasteiger partial charge on any atom is 0.344 e. The fourth-order valence-electron chi connectivity index (χ4n) is 3.74. The van der Waals surface area contributed by atoms with E-state index < -0.39 is 30.0 Å². The first-order valence-electron chi connectivity index (χ1n) is 9.76. The van der Waals surface area contributed by atoms with Crippen LogP contribution in [0.4, 0.5) is 4.79 Å². The predicted molar refractivity (Wildman–Crippen MR) is 115 cm³/mol. The van der Waals surface area contributed by atoms with Crippen molar-refractivity contribution in [1.29, 1.82) is 0 Å². The van der Waals surface area contributed by atoms with E-state index in [1.54, 1.807) is 0 Å². The maximum absolute atomic E-state index is 13.0. The van der Waals surface area contributed by atoms with Crippen molar-refractivity contribution in [2.45, 2.75) is 39.8 Å². The Morgan fingerprint density at radius 3 is 2.42 bits per heavy atom. The summed E-state index contributed by atoms with van der Waals surface area (Å²) in [5.41, 5.74) is 7.32. The number of amides is 2. The number of fused-ring (bicyclic) bond motifs is 1. The molecule has 0 saturated carbocycles. The molecule has 0 atom stereocenters. The normalized spacial score (nSPS) is 11.1. The van der Waals surface area contributed by atoms with Crippen LogP contribution in [-0.4, -0.2) is 32.4 Å². The van der Waals surface area contributed by atoms with Crippen molar-refractivity contribution in [1.82, 2.24) is 14.7 Å². The van der Waals surface area contributed by atoms with Gasteiger partial charge in [-0.3, -0.25) is 14.3 Å². The number of hydrogen-bond donors (Lipinski definition) is 3. The highest BCUT2D eigenvalue weighted by atomic mass is 16.4. The van der Waals surface area contributed by atoms with E-state index in [1.165, 1.54) is 18.2 Å². The zero-order chi connectivity index (χ0) is 22.9. The molecule has 2 amide bonds. The fraction of sp³-hybridized carbons (Fsp3) is 0.273. The SMILES string of the molecule is Cc1cccc(C(C)C)c1CNC(=O)n1c(=O)c2cccc(C(=O)O)c2n1CC(N)=O. The molecule has 31 heavy (non-hydrogen) atoms. The van der Waals surface area contributed by atoms with Crippen molar-refractivity contribution in [2.24, 2.45) is 5.73 Å². The van der Waals surface area contributed by atoms with Gasteiger partial charge in [-0.05, 0) is 41.7 Å². The number of para-hydroxylation sites is 1. The zero-order valence-electron chi connectivity index (χ0n) is 17.5. The van der Waals surface area contributed by atoms with Gasteiger partial charge in [0.05, 0.1) is 16.5 Å². The van der Waals surface area contributed by atoms with E-state index in [-0.39, 0.29) is 28.9 Å². The van der Waals surface area contributed by atoms with Gasteiger partial charge >= 0.3 is 12.0 Å². The first kappa shape index (κ1) is 21.8. The van der Waals surface area contributed by atoms with E-state index in [0.717, 1.165) is 26.1 Å². The molecule has 0 unspecified atom stereocenters. The van der Waals surface area contributed by atoms with E-state index >= 15 is 0 Å².